The van der Waals surface area contributed by atoms with Gasteiger partial charge < -0.3 is 15.4 Å². The predicted octanol–water partition coefficient (Wildman–Crippen LogP) is 2.42. The summed E-state index contributed by atoms with van der Waals surface area (Å²) in [6.45, 7) is 5.33. The second kappa shape index (κ2) is 8.05. The molecule has 1 saturated heterocycles. The molecule has 6 nitrogen and oxygen atoms in total. The Morgan fingerprint density at radius 3 is 2.82 bits per heavy atom. The maximum atomic E-state index is 13.1. The van der Waals surface area contributed by atoms with Crippen LogP contribution in [-0.2, 0) is 17.6 Å². The average molecular weight is 383 g/mol. The molecule has 2 heterocycles. The van der Waals surface area contributed by atoms with Crippen molar-refractivity contribution >= 4 is 5.91 Å². The number of ether oxygens (including phenoxy) is 1. The van der Waals surface area contributed by atoms with E-state index in [1.165, 1.54) is 11.3 Å². The summed E-state index contributed by atoms with van der Waals surface area (Å²) in [5.41, 5.74) is 5.14. The largest absolute Gasteiger partial charge is 0.384 e. The van der Waals surface area contributed by atoms with Gasteiger partial charge in [-0.3, -0.25) is 4.79 Å². The van der Waals surface area contributed by atoms with Crippen molar-refractivity contribution in [2.24, 2.45) is 5.41 Å². The van der Waals surface area contributed by atoms with Gasteiger partial charge in [-0.15, -0.1) is 0 Å². The molecule has 2 aromatic rings. The number of fused-ring (bicyclic) bond motifs is 1. The zero-order chi connectivity index (χ0) is 19.6. The van der Waals surface area contributed by atoms with E-state index in [2.05, 4.69) is 29.7 Å². The van der Waals surface area contributed by atoms with Gasteiger partial charge in [0, 0.05) is 30.3 Å². The van der Waals surface area contributed by atoms with Gasteiger partial charge >= 0.3 is 0 Å². The first-order valence-corrected chi connectivity index (χ1v) is 10.3. The SMILES string of the molecule is COCC1(CNC(=O)c2nn(-c3ccccc3C)c3c2CCC3)CCNCC1. The van der Waals surface area contributed by atoms with Gasteiger partial charge in [0.25, 0.3) is 5.91 Å². The molecule has 1 aliphatic heterocycles. The van der Waals surface area contributed by atoms with Crippen LogP contribution in [0.4, 0.5) is 0 Å². The number of benzene rings is 1. The van der Waals surface area contributed by atoms with E-state index in [4.69, 9.17) is 9.84 Å². The Hall–Kier alpha value is -2.18. The first-order chi connectivity index (χ1) is 13.6. The van der Waals surface area contributed by atoms with Crippen molar-refractivity contribution in [3.63, 3.8) is 0 Å². The van der Waals surface area contributed by atoms with Gasteiger partial charge in [0.2, 0.25) is 0 Å². The topological polar surface area (TPSA) is 68.2 Å². The number of aryl methyl sites for hydroxylation is 1. The molecule has 28 heavy (non-hydrogen) atoms. The van der Waals surface area contributed by atoms with Crippen molar-refractivity contribution in [3.05, 3.63) is 46.8 Å². The number of aromatic nitrogens is 2. The summed E-state index contributed by atoms with van der Waals surface area (Å²) in [5.74, 6) is -0.0560. The monoisotopic (exact) mass is 382 g/mol. The van der Waals surface area contributed by atoms with E-state index in [1.54, 1.807) is 7.11 Å². The quantitative estimate of drug-likeness (QED) is 0.805. The Morgan fingerprint density at radius 2 is 2.07 bits per heavy atom. The highest BCUT2D eigenvalue weighted by atomic mass is 16.5. The lowest BCUT2D eigenvalue weighted by Crippen LogP contribution is -2.47. The van der Waals surface area contributed by atoms with Gasteiger partial charge in [-0.1, -0.05) is 18.2 Å². The molecule has 1 aliphatic carbocycles. The Labute approximate surface area is 166 Å². The summed E-state index contributed by atoms with van der Waals surface area (Å²) in [7, 11) is 1.74. The number of rotatable bonds is 6. The summed E-state index contributed by atoms with van der Waals surface area (Å²) in [5, 5.41) is 11.3. The summed E-state index contributed by atoms with van der Waals surface area (Å²) in [6.07, 6.45) is 5.01. The van der Waals surface area contributed by atoms with E-state index in [1.807, 2.05) is 16.8 Å². The zero-order valence-electron chi connectivity index (χ0n) is 16.9. The maximum Gasteiger partial charge on any atom is 0.272 e. The second-order valence-electron chi connectivity index (χ2n) is 8.19. The lowest BCUT2D eigenvalue weighted by molar-refractivity contribution is 0.0510. The van der Waals surface area contributed by atoms with Crippen LogP contribution in [-0.4, -0.2) is 49.0 Å². The highest BCUT2D eigenvalue weighted by Gasteiger charge is 2.34. The van der Waals surface area contributed by atoms with Gasteiger partial charge in [-0.05, 0) is 63.7 Å². The molecule has 0 bridgehead atoms. The molecule has 0 spiro atoms. The fraction of sp³-hybridized carbons (Fsp3) is 0.545. The third-order valence-corrected chi connectivity index (χ3v) is 6.23. The van der Waals surface area contributed by atoms with Crippen molar-refractivity contribution in [3.8, 4) is 5.69 Å². The molecule has 6 heteroatoms. The number of carbonyl (C=O) groups is 1. The highest BCUT2D eigenvalue weighted by molar-refractivity contribution is 5.94. The first kappa shape index (κ1) is 19.2. The molecule has 0 unspecified atom stereocenters. The van der Waals surface area contributed by atoms with Gasteiger partial charge in [-0.2, -0.15) is 5.10 Å². The number of hydrogen-bond donors (Lipinski definition) is 2. The summed E-state index contributed by atoms with van der Waals surface area (Å²) >= 11 is 0. The molecule has 0 saturated carbocycles. The van der Waals surface area contributed by atoms with Gasteiger partial charge in [0.15, 0.2) is 5.69 Å². The molecule has 0 atom stereocenters. The number of piperidine rings is 1. The minimum Gasteiger partial charge on any atom is -0.384 e. The Bertz CT molecular complexity index is 847. The third-order valence-electron chi connectivity index (χ3n) is 6.23. The number of amides is 1. The van der Waals surface area contributed by atoms with Gasteiger partial charge in [0.05, 0.1) is 12.3 Å². The Kier molecular flexibility index (Phi) is 5.51. The molecule has 1 aromatic heterocycles. The van der Waals surface area contributed by atoms with Crippen LogP contribution in [0.5, 0.6) is 0 Å². The zero-order valence-corrected chi connectivity index (χ0v) is 16.9. The molecule has 4 rings (SSSR count). The van der Waals surface area contributed by atoms with E-state index >= 15 is 0 Å². The third kappa shape index (κ3) is 3.59. The van der Waals surface area contributed by atoms with E-state index < -0.39 is 0 Å². The fourth-order valence-electron chi connectivity index (χ4n) is 4.61. The van der Waals surface area contributed by atoms with Gasteiger partial charge in [0.1, 0.15) is 0 Å². The standard InChI is InChI=1S/C22H30N4O2/c1-16-6-3-4-8-18(16)26-19-9-5-7-17(19)20(25-26)21(27)24-14-22(15-28-2)10-12-23-13-11-22/h3-4,6,8,23H,5,7,9-15H2,1-2H3,(H,24,27). The van der Waals surface area contributed by atoms with Crippen molar-refractivity contribution < 1.29 is 9.53 Å². The minimum atomic E-state index is -0.0560. The fourth-order valence-corrected chi connectivity index (χ4v) is 4.61. The van der Waals surface area contributed by atoms with Crippen LogP contribution in [0.3, 0.4) is 0 Å². The highest BCUT2D eigenvalue weighted by Crippen LogP contribution is 2.30. The normalized spacial score (nSPS) is 18.1. The smallest absolute Gasteiger partial charge is 0.272 e. The maximum absolute atomic E-state index is 13.1. The van der Waals surface area contributed by atoms with E-state index in [-0.39, 0.29) is 11.3 Å². The molecule has 1 fully saturated rings. The van der Waals surface area contributed by atoms with Crippen molar-refractivity contribution in [1.82, 2.24) is 20.4 Å². The lowest BCUT2D eigenvalue weighted by atomic mass is 9.79. The van der Waals surface area contributed by atoms with Crippen molar-refractivity contribution in [1.29, 1.82) is 0 Å². The number of nitrogens with one attached hydrogen (secondary N) is 2. The molecule has 0 radical (unpaired) electrons. The van der Waals surface area contributed by atoms with Crippen LogP contribution in [0, 0.1) is 12.3 Å². The summed E-state index contributed by atoms with van der Waals surface area (Å²) in [6, 6.07) is 8.22. The molecular weight excluding hydrogens is 352 g/mol. The molecule has 2 aliphatic rings. The average Bonchev–Trinajstić information content (AvgIpc) is 3.31. The number of carbonyl (C=O) groups excluding carboxylic acids is 1. The molecule has 150 valence electrons. The van der Waals surface area contributed by atoms with E-state index in [0.717, 1.165) is 56.4 Å². The number of nitrogens with zero attached hydrogens (tertiary/aromatic N) is 2. The Morgan fingerprint density at radius 1 is 1.29 bits per heavy atom. The van der Waals surface area contributed by atoms with Crippen molar-refractivity contribution in [2.45, 2.75) is 39.0 Å². The molecule has 1 aromatic carbocycles. The molecule has 1 amide bonds. The van der Waals surface area contributed by atoms with E-state index in [9.17, 15) is 4.79 Å². The second-order valence-corrected chi connectivity index (χ2v) is 8.19. The first-order valence-electron chi connectivity index (χ1n) is 10.3. The van der Waals surface area contributed by atoms with E-state index in [0.29, 0.717) is 18.8 Å². The van der Waals surface area contributed by atoms with Crippen LogP contribution in [0.25, 0.3) is 5.69 Å². The predicted molar refractivity (Wildman–Crippen MR) is 109 cm³/mol. The van der Waals surface area contributed by atoms with Crippen LogP contribution >= 0.6 is 0 Å². The molecular formula is C22H30N4O2. The minimum absolute atomic E-state index is 0.0113. The lowest BCUT2D eigenvalue weighted by Gasteiger charge is -2.37. The summed E-state index contributed by atoms with van der Waals surface area (Å²) in [4.78, 5) is 13.1. The van der Waals surface area contributed by atoms with Crippen molar-refractivity contribution in [2.75, 3.05) is 33.4 Å². The van der Waals surface area contributed by atoms with Gasteiger partial charge in [-0.25, -0.2) is 4.68 Å². The van der Waals surface area contributed by atoms with Crippen LogP contribution in [0.15, 0.2) is 24.3 Å². The Balaban J connectivity index is 1.57. The van der Waals surface area contributed by atoms with Crippen LogP contribution in [0.1, 0.15) is 46.6 Å². The molecule has 2 N–H and O–H groups in total. The number of para-hydroxylation sites is 1. The van der Waals surface area contributed by atoms with Crippen LogP contribution in [0.2, 0.25) is 0 Å². The van der Waals surface area contributed by atoms with Crippen LogP contribution < -0.4 is 10.6 Å². The number of methoxy groups -OCH3 is 1. The summed E-state index contributed by atoms with van der Waals surface area (Å²) < 4.78 is 7.46. The number of hydrogen-bond acceptors (Lipinski definition) is 4.